The van der Waals surface area contributed by atoms with Crippen LogP contribution in [-0.2, 0) is 19.1 Å². The smallest absolute Gasteiger partial charge is 0.339 e. The number of carbonyl (C=O) groups excluding carboxylic acids is 2. The molecule has 0 aromatic heterocycles. The molecule has 0 radical (unpaired) electrons. The van der Waals surface area contributed by atoms with E-state index in [-0.39, 0.29) is 56.6 Å². The lowest BCUT2D eigenvalue weighted by Crippen LogP contribution is -3.00. The molecule has 0 heterocycles. The minimum Gasteiger partial charge on any atom is -1.00 e. The monoisotopic (exact) mass is 962 g/mol. The Hall–Kier alpha value is -2.17. The van der Waals surface area contributed by atoms with Crippen LogP contribution in [0.3, 0.4) is 0 Å². The van der Waals surface area contributed by atoms with Crippen molar-refractivity contribution in [3.8, 4) is 0 Å². The van der Waals surface area contributed by atoms with E-state index in [1.807, 2.05) is 0 Å². The van der Waals surface area contributed by atoms with E-state index in [1.54, 1.807) is 5.57 Å². The van der Waals surface area contributed by atoms with Crippen molar-refractivity contribution in [3.63, 3.8) is 0 Å². The summed E-state index contributed by atoms with van der Waals surface area (Å²) < 4.78 is 12.6. The van der Waals surface area contributed by atoms with Crippen LogP contribution in [0.15, 0.2) is 103 Å². The summed E-state index contributed by atoms with van der Waals surface area (Å²) in [5, 5.41) is 4.19. The fraction of sp³-hybridized carbons (Fsp3) is 0.593. The number of hydrogen-bond acceptors (Lipinski definition) is 4. The molecule has 0 N–H and O–H groups in total. The number of allylic oxidation sites excluding steroid dienone is 2. The molecule has 0 bridgehead atoms. The zero-order chi connectivity index (χ0) is 43.4. The number of ether oxygens (including phenoxy) is 2. The van der Waals surface area contributed by atoms with E-state index < -0.39 is 23.5 Å². The lowest BCUT2D eigenvalue weighted by molar-refractivity contribution is -0.214. The molecule has 0 spiro atoms. The van der Waals surface area contributed by atoms with E-state index in [0.717, 1.165) is 76.8 Å². The summed E-state index contributed by atoms with van der Waals surface area (Å²) in [7, 11) is -1.94. The maximum absolute atomic E-state index is 14.9. The second-order valence-electron chi connectivity index (χ2n) is 21.3. The number of fused-ring (bicyclic) bond motifs is 7. The third-order valence-electron chi connectivity index (χ3n) is 18.5. The first-order valence-corrected chi connectivity index (χ1v) is 26.3. The van der Waals surface area contributed by atoms with E-state index in [1.165, 1.54) is 15.9 Å². The number of carbonyl (C=O) groups is 2. The quantitative estimate of drug-likeness (QED) is 0.0632. The first-order valence-electron chi connectivity index (χ1n) is 23.5. The third-order valence-corrected chi connectivity index (χ3v) is 23.4. The molecule has 0 unspecified atom stereocenters. The predicted octanol–water partition coefficient (Wildman–Crippen LogP) is 9.68. The molecule has 5 aliphatic rings. The van der Waals surface area contributed by atoms with Crippen LogP contribution in [0.4, 0.5) is 0 Å². The van der Waals surface area contributed by atoms with Gasteiger partial charge in [0.2, 0.25) is 4.84 Å². The van der Waals surface area contributed by atoms with Gasteiger partial charge in [-0.3, -0.25) is 4.79 Å². The molecule has 4 saturated carbocycles. The van der Waals surface area contributed by atoms with Gasteiger partial charge in [0, 0.05) is 5.41 Å². The summed E-state index contributed by atoms with van der Waals surface area (Å²) in [5.74, 6) is 1.61. The molecule has 5 aliphatic carbocycles. The zero-order valence-corrected chi connectivity index (χ0v) is 42.2. The molecule has 0 saturated heterocycles. The lowest BCUT2D eigenvalue weighted by atomic mass is 9.33. The van der Waals surface area contributed by atoms with Crippen LogP contribution >= 0.6 is 30.5 Å². The highest BCUT2D eigenvalue weighted by molar-refractivity contribution is 7.95. The van der Waals surface area contributed by atoms with E-state index in [9.17, 15) is 9.59 Å². The van der Waals surface area contributed by atoms with Crippen molar-refractivity contribution < 1.29 is 36.0 Å². The number of alkyl halides is 2. The first kappa shape index (κ1) is 47.8. The number of halogens is 3. The molecule has 0 aliphatic heterocycles. The third kappa shape index (κ3) is 7.69. The Morgan fingerprint density at radius 1 is 0.726 bits per heavy atom. The lowest BCUT2D eigenvalue weighted by Gasteiger charge is -2.71. The molecular weight excluding hydrogens is 894 g/mol. The van der Waals surface area contributed by atoms with Gasteiger partial charge < -0.3 is 26.5 Å². The van der Waals surface area contributed by atoms with E-state index in [0.29, 0.717) is 30.3 Å². The highest BCUT2D eigenvalue weighted by Crippen LogP contribution is 2.76. The predicted molar refractivity (Wildman–Crippen MR) is 255 cm³/mol. The molecule has 4 fully saturated rings. The van der Waals surface area contributed by atoms with E-state index in [4.69, 9.17) is 32.7 Å². The molecule has 8 heteroatoms. The van der Waals surface area contributed by atoms with Crippen LogP contribution in [0.2, 0.25) is 0 Å². The minimum atomic E-state index is -1.94. The Kier molecular flexibility index (Phi) is 14.1. The van der Waals surface area contributed by atoms with Crippen molar-refractivity contribution in [2.24, 2.45) is 56.7 Å². The summed E-state index contributed by atoms with van der Waals surface area (Å²) >= 11 is 11.9. The van der Waals surface area contributed by atoms with Gasteiger partial charge in [-0.05, 0) is 153 Å². The molecule has 0 amide bonds. The maximum atomic E-state index is 14.9. The number of rotatable bonds is 11. The summed E-state index contributed by atoms with van der Waals surface area (Å²) in [6.45, 7) is 17.7. The van der Waals surface area contributed by atoms with Gasteiger partial charge in [0.05, 0.1) is 18.2 Å². The summed E-state index contributed by atoms with van der Waals surface area (Å²) in [5.41, 5.74) is 1.11. The Bertz CT molecular complexity index is 1980. The first-order chi connectivity index (χ1) is 29.1. The Morgan fingerprint density at radius 2 is 1.31 bits per heavy atom. The van der Waals surface area contributed by atoms with Crippen LogP contribution in [0.1, 0.15) is 119 Å². The summed E-state index contributed by atoms with van der Waals surface area (Å²) in [6, 6.07) is 33.3. The number of benzene rings is 3. The maximum Gasteiger partial charge on any atom is 0.339 e. The standard InChI is InChI=1S/C54H70Cl2O4P.BrH/c1-37-27-32-54(49(58)59-35-17-18-36-61(39-19-11-8-12-20-39,40-21-13-9-14-22-40)41-23-15-10-16-24-41)34-33-52(6)42(46(54)38(37)2)25-26-44-51(5)30-29-45(60-48(57)47(55)56)50(3,4)43(51)28-31-53(44,52)7;/h8-16,19-25,37-38,43-47H,17-18,26-36H2,1-7H3;1H/q+1;/p-1/t37-,38+,43+,44-,45+,46+,51+,52-,53-,54+;/m1./s1. The summed E-state index contributed by atoms with van der Waals surface area (Å²) in [6.07, 6.45) is 14.3. The minimum absolute atomic E-state index is 0. The second-order valence-corrected chi connectivity index (χ2v) is 26.0. The summed E-state index contributed by atoms with van der Waals surface area (Å²) in [4.78, 5) is 26.4. The Morgan fingerprint density at radius 3 is 1.87 bits per heavy atom. The largest absolute Gasteiger partial charge is 1.00 e. The molecule has 3 aromatic rings. The Balaban J connectivity index is 0.00000578. The average Bonchev–Trinajstić information content (AvgIpc) is 3.25. The van der Waals surface area contributed by atoms with Crippen molar-refractivity contribution in [1.82, 2.24) is 0 Å². The topological polar surface area (TPSA) is 52.6 Å². The fourth-order valence-corrected chi connectivity index (χ4v) is 19.4. The molecule has 10 atom stereocenters. The van der Waals surface area contributed by atoms with Gasteiger partial charge in [-0.1, -0.05) is 138 Å². The van der Waals surface area contributed by atoms with Crippen molar-refractivity contribution in [2.45, 2.75) is 130 Å². The second kappa shape index (κ2) is 18.2. The average molecular weight is 965 g/mol. The van der Waals surface area contributed by atoms with Gasteiger partial charge in [-0.15, -0.1) is 0 Å². The Labute approximate surface area is 394 Å². The van der Waals surface area contributed by atoms with Crippen LogP contribution in [0.5, 0.6) is 0 Å². The number of unbranched alkanes of at least 4 members (excludes halogenated alkanes) is 1. The van der Waals surface area contributed by atoms with Crippen molar-refractivity contribution >= 4 is 58.3 Å². The van der Waals surface area contributed by atoms with Gasteiger partial charge >= 0.3 is 11.9 Å². The highest BCUT2D eigenvalue weighted by Gasteiger charge is 2.70. The van der Waals surface area contributed by atoms with Gasteiger partial charge in [-0.2, -0.15) is 0 Å². The fourth-order valence-electron chi connectivity index (χ4n) is 14.9. The van der Waals surface area contributed by atoms with Crippen molar-refractivity contribution in [1.29, 1.82) is 0 Å². The molecule has 62 heavy (non-hydrogen) atoms. The zero-order valence-electron chi connectivity index (χ0n) is 38.2. The van der Waals surface area contributed by atoms with Crippen LogP contribution in [0.25, 0.3) is 0 Å². The molecule has 8 rings (SSSR count). The van der Waals surface area contributed by atoms with Gasteiger partial charge in [0.1, 0.15) is 29.3 Å². The molecule has 336 valence electrons. The molecular formula is C54H70BrCl2O4P. The van der Waals surface area contributed by atoms with Crippen LogP contribution in [0, 0.1) is 56.7 Å². The van der Waals surface area contributed by atoms with E-state index >= 15 is 0 Å². The van der Waals surface area contributed by atoms with Gasteiger partial charge in [0.15, 0.2) is 0 Å². The normalized spacial score (nSPS) is 34.8. The van der Waals surface area contributed by atoms with E-state index in [2.05, 4.69) is 146 Å². The van der Waals surface area contributed by atoms with Crippen LogP contribution < -0.4 is 32.9 Å². The molecule has 4 nitrogen and oxygen atoms in total. The SMILES string of the molecule is C[C@H]1[C@H](C)CC[C@]2(C(=O)OCCCC[P+](c3ccccc3)(c3ccccc3)c3ccccc3)CC[C@]3(C)C(=CC[C@@H]4[C@@]5(C)CC[C@H](OC(=O)C(Cl)Cl)C(C)(C)[C@@H]5CC[C@]43C)[C@H]12.[Br-]. The molecule has 3 aromatic carbocycles. The van der Waals surface area contributed by atoms with Crippen LogP contribution in [-0.4, -0.2) is 35.6 Å². The number of esters is 2. The van der Waals surface area contributed by atoms with Crippen molar-refractivity contribution in [3.05, 3.63) is 103 Å². The van der Waals surface area contributed by atoms with Crippen molar-refractivity contribution in [2.75, 3.05) is 12.8 Å². The number of hydrogen-bond donors (Lipinski definition) is 0. The highest BCUT2D eigenvalue weighted by atomic mass is 79.9. The van der Waals surface area contributed by atoms with Gasteiger partial charge in [0.25, 0.3) is 0 Å². The van der Waals surface area contributed by atoms with Gasteiger partial charge in [-0.25, -0.2) is 4.79 Å².